The maximum atomic E-state index is 13.2. The van der Waals surface area contributed by atoms with Crippen LogP contribution in [0.25, 0.3) is 21.2 Å². The summed E-state index contributed by atoms with van der Waals surface area (Å²) in [6.07, 6.45) is 5.31. The lowest BCUT2D eigenvalue weighted by atomic mass is 9.95. The van der Waals surface area contributed by atoms with E-state index in [-0.39, 0.29) is 16.7 Å². The number of imidazole rings is 1. The second kappa shape index (κ2) is 9.31. The summed E-state index contributed by atoms with van der Waals surface area (Å²) < 4.78 is 16.4. The molecule has 3 aromatic heterocycles. The molecule has 0 aliphatic carbocycles. The maximum absolute atomic E-state index is 13.2. The fourth-order valence-corrected chi connectivity index (χ4v) is 5.89. The van der Waals surface area contributed by atoms with Crippen LogP contribution in [0.5, 0.6) is 5.75 Å². The lowest BCUT2D eigenvalue weighted by Crippen LogP contribution is -2.38. The second-order valence-corrected chi connectivity index (χ2v) is 9.94. The highest BCUT2D eigenvalue weighted by Gasteiger charge is 2.29. The number of para-hydroxylation sites is 2. The van der Waals surface area contributed by atoms with E-state index in [0.29, 0.717) is 43.5 Å². The van der Waals surface area contributed by atoms with E-state index < -0.39 is 0 Å². The third-order valence-electron chi connectivity index (χ3n) is 6.78. The number of thiazole rings is 1. The molecule has 36 heavy (non-hydrogen) atoms. The molecule has 184 valence electrons. The van der Waals surface area contributed by atoms with Crippen molar-refractivity contribution in [2.45, 2.75) is 32.4 Å². The van der Waals surface area contributed by atoms with Crippen LogP contribution in [0.15, 0.2) is 70.1 Å². The Hall–Kier alpha value is -3.85. The Morgan fingerprint density at radius 1 is 1.17 bits per heavy atom. The van der Waals surface area contributed by atoms with Crippen molar-refractivity contribution in [1.82, 2.24) is 19.0 Å². The van der Waals surface area contributed by atoms with Crippen LogP contribution in [0.4, 0.5) is 0 Å². The van der Waals surface area contributed by atoms with E-state index in [4.69, 9.17) is 9.15 Å². The van der Waals surface area contributed by atoms with E-state index >= 15 is 0 Å². The van der Waals surface area contributed by atoms with Crippen molar-refractivity contribution in [3.63, 3.8) is 0 Å². The van der Waals surface area contributed by atoms with E-state index in [1.165, 1.54) is 11.3 Å². The minimum absolute atomic E-state index is 0.0228. The molecule has 5 aromatic rings. The van der Waals surface area contributed by atoms with Crippen LogP contribution in [-0.4, -0.2) is 44.6 Å². The predicted octanol–water partition coefficient (Wildman–Crippen LogP) is 4.93. The number of fused-ring (bicyclic) bond motifs is 2. The van der Waals surface area contributed by atoms with E-state index in [0.717, 1.165) is 34.3 Å². The van der Waals surface area contributed by atoms with Gasteiger partial charge in [-0.25, -0.2) is 4.98 Å². The Morgan fingerprint density at radius 2 is 2.00 bits per heavy atom. The fraction of sp³-hybridized carbons (Fsp3) is 0.296. The number of amides is 1. The van der Waals surface area contributed by atoms with Crippen molar-refractivity contribution < 1.29 is 13.9 Å². The van der Waals surface area contributed by atoms with E-state index in [9.17, 15) is 9.59 Å². The molecule has 1 amide bonds. The Morgan fingerprint density at radius 3 is 2.83 bits per heavy atom. The molecule has 1 saturated heterocycles. The highest BCUT2D eigenvalue weighted by molar-refractivity contribution is 7.16. The van der Waals surface area contributed by atoms with E-state index in [1.807, 2.05) is 60.5 Å². The number of hydrogen-bond acceptors (Lipinski definition) is 6. The zero-order valence-electron chi connectivity index (χ0n) is 19.9. The quantitative estimate of drug-likeness (QED) is 0.329. The van der Waals surface area contributed by atoms with Gasteiger partial charge < -0.3 is 18.6 Å². The summed E-state index contributed by atoms with van der Waals surface area (Å²) in [4.78, 5) is 32.3. The molecule has 0 radical (unpaired) electrons. The number of ether oxygens (including phenoxy) is 1. The monoisotopic (exact) mass is 502 g/mol. The number of hydrogen-bond donors (Lipinski definition) is 0. The first-order valence-corrected chi connectivity index (χ1v) is 13.0. The maximum Gasteiger partial charge on any atom is 0.309 e. The van der Waals surface area contributed by atoms with Crippen molar-refractivity contribution in [2.24, 2.45) is 0 Å². The predicted molar refractivity (Wildman–Crippen MR) is 139 cm³/mol. The molecule has 0 N–H and O–H groups in total. The average Bonchev–Trinajstić information content (AvgIpc) is 3.62. The zero-order chi connectivity index (χ0) is 24.6. The van der Waals surface area contributed by atoms with Crippen LogP contribution in [0, 0.1) is 0 Å². The Labute approximate surface area is 211 Å². The first-order chi connectivity index (χ1) is 17.6. The minimum Gasteiger partial charge on any atom is -0.490 e. The molecule has 0 spiro atoms. The second-order valence-electron chi connectivity index (χ2n) is 8.95. The first-order valence-electron chi connectivity index (χ1n) is 12.2. The van der Waals surface area contributed by atoms with Crippen LogP contribution in [0.3, 0.4) is 0 Å². The van der Waals surface area contributed by atoms with Gasteiger partial charge in [-0.05, 0) is 44.0 Å². The molecule has 1 fully saturated rings. The van der Waals surface area contributed by atoms with Crippen LogP contribution >= 0.6 is 11.3 Å². The highest BCUT2D eigenvalue weighted by Crippen LogP contribution is 2.32. The van der Waals surface area contributed by atoms with Gasteiger partial charge in [0.05, 0.1) is 16.8 Å². The number of nitrogens with zero attached hydrogens (tertiary/aromatic N) is 4. The number of furan rings is 1. The van der Waals surface area contributed by atoms with Gasteiger partial charge in [0, 0.05) is 36.8 Å². The van der Waals surface area contributed by atoms with E-state index in [1.54, 1.807) is 16.8 Å². The Bertz CT molecular complexity index is 1600. The SMILES string of the molecule is CCOc1cccc2cc(C(=O)N3CCC(c4nccn4Cn4c(=O)sc5ccccc54)CC3)oc12. The zero-order valence-corrected chi connectivity index (χ0v) is 20.7. The molecule has 6 rings (SSSR count). The summed E-state index contributed by atoms with van der Waals surface area (Å²) in [5.74, 6) is 2.05. The topological polar surface area (TPSA) is 82.5 Å². The number of likely N-dealkylation sites (tertiary alicyclic amines) is 1. The summed E-state index contributed by atoms with van der Waals surface area (Å²) in [6.45, 7) is 4.12. The number of benzene rings is 2. The molecule has 4 heterocycles. The number of carbonyl (C=O) groups is 1. The normalized spacial score (nSPS) is 14.6. The lowest BCUT2D eigenvalue weighted by molar-refractivity contribution is 0.0680. The summed E-state index contributed by atoms with van der Waals surface area (Å²) in [7, 11) is 0. The molecule has 1 aliphatic rings. The van der Waals surface area contributed by atoms with E-state index in [2.05, 4.69) is 9.55 Å². The number of piperidine rings is 1. The average molecular weight is 503 g/mol. The van der Waals surface area contributed by atoms with Gasteiger partial charge in [0.2, 0.25) is 0 Å². The molecular weight excluding hydrogens is 476 g/mol. The molecule has 0 unspecified atom stereocenters. The smallest absolute Gasteiger partial charge is 0.309 e. The summed E-state index contributed by atoms with van der Waals surface area (Å²) in [6, 6.07) is 15.3. The standard InChI is InChI=1S/C27H26N4O4S/c1-2-34-21-8-5-6-19-16-22(35-24(19)21)26(32)29-13-10-18(11-14-29)25-28-12-15-30(25)17-31-20-7-3-4-9-23(20)36-27(31)33/h3-9,12,15-16,18H,2,10-11,13-14,17H2,1H3. The Balaban J connectivity index is 1.17. The summed E-state index contributed by atoms with van der Waals surface area (Å²) in [5.41, 5.74) is 1.54. The molecule has 0 saturated carbocycles. The molecule has 1 aliphatic heterocycles. The lowest BCUT2D eigenvalue weighted by Gasteiger charge is -2.31. The largest absolute Gasteiger partial charge is 0.490 e. The van der Waals surface area contributed by atoms with Gasteiger partial charge in [-0.1, -0.05) is 35.6 Å². The van der Waals surface area contributed by atoms with Crippen molar-refractivity contribution in [3.05, 3.63) is 82.2 Å². The van der Waals surface area contributed by atoms with Crippen molar-refractivity contribution >= 4 is 38.4 Å². The Kier molecular flexibility index (Phi) is 5.85. The van der Waals surface area contributed by atoms with Crippen LogP contribution < -0.4 is 9.61 Å². The molecule has 2 aromatic carbocycles. The third kappa shape index (κ3) is 3.99. The fourth-order valence-electron chi connectivity index (χ4n) is 5.01. The summed E-state index contributed by atoms with van der Waals surface area (Å²) in [5, 5.41) is 0.859. The van der Waals surface area contributed by atoms with Gasteiger partial charge in [0.1, 0.15) is 12.5 Å². The molecule has 8 nitrogen and oxygen atoms in total. The molecule has 0 bridgehead atoms. The molecule has 0 atom stereocenters. The number of carbonyl (C=O) groups excluding carboxylic acids is 1. The van der Waals surface area contributed by atoms with Gasteiger partial charge >= 0.3 is 4.87 Å². The molecular formula is C27H26N4O4S. The number of rotatable bonds is 6. The highest BCUT2D eigenvalue weighted by atomic mass is 32.1. The van der Waals surface area contributed by atoms with Gasteiger partial charge in [0.15, 0.2) is 17.1 Å². The van der Waals surface area contributed by atoms with Crippen molar-refractivity contribution in [3.8, 4) is 5.75 Å². The first kappa shape index (κ1) is 22.6. The van der Waals surface area contributed by atoms with Crippen LogP contribution in [0.1, 0.15) is 42.1 Å². The minimum atomic E-state index is -0.105. The van der Waals surface area contributed by atoms with Crippen molar-refractivity contribution in [2.75, 3.05) is 19.7 Å². The number of aromatic nitrogens is 3. The van der Waals surface area contributed by atoms with Crippen molar-refractivity contribution in [1.29, 1.82) is 0 Å². The van der Waals surface area contributed by atoms with Gasteiger partial charge in [-0.15, -0.1) is 0 Å². The van der Waals surface area contributed by atoms with Gasteiger partial charge in [0.25, 0.3) is 5.91 Å². The van der Waals surface area contributed by atoms with Crippen LogP contribution in [0.2, 0.25) is 0 Å². The third-order valence-corrected chi connectivity index (χ3v) is 7.74. The van der Waals surface area contributed by atoms with Gasteiger partial charge in [-0.3, -0.25) is 14.2 Å². The van der Waals surface area contributed by atoms with Crippen LogP contribution in [-0.2, 0) is 6.67 Å². The van der Waals surface area contributed by atoms with Gasteiger partial charge in [-0.2, -0.15) is 0 Å². The summed E-state index contributed by atoms with van der Waals surface area (Å²) >= 11 is 1.26. The molecule has 9 heteroatoms.